The Hall–Kier alpha value is -0.713. The fraction of sp³-hybridized carbons (Fsp3) is 0.857. The number of hydrogen-bond acceptors (Lipinski definition) is 2. The Labute approximate surface area is 162 Å². The number of esters is 1. The first-order chi connectivity index (χ1) is 12.7. The molecule has 0 amide bonds. The summed E-state index contributed by atoms with van der Waals surface area (Å²) < 4.78 is 29.0. The number of unbranched alkanes of at least 4 members (excludes halogenated alkanes) is 14. The van der Waals surface area contributed by atoms with Crippen molar-refractivity contribution in [1.29, 1.82) is 0 Å². The molecule has 0 saturated carbocycles. The van der Waals surface area contributed by atoms with Crippen molar-refractivity contribution in [2.24, 2.45) is 0 Å². The van der Waals surface area contributed by atoms with Crippen LogP contribution in [0, 0.1) is 0 Å². The van der Waals surface area contributed by atoms with E-state index in [1.54, 1.807) is 0 Å². The first-order valence-corrected chi connectivity index (χ1v) is 12.6. The van der Waals surface area contributed by atoms with Gasteiger partial charge >= 0.3 is 5.97 Å². The minimum atomic E-state index is -1.98. The van der Waals surface area contributed by atoms with Crippen molar-refractivity contribution in [3.8, 4) is 0 Å². The molecular weight excluding hydrogens is 350 g/mol. The smallest absolute Gasteiger partial charge is 0.330 e. The summed E-state index contributed by atoms with van der Waals surface area (Å²) in [5, 5.41) is 0. The summed E-state index contributed by atoms with van der Waals surface area (Å²) in [6, 6.07) is -1.16. The van der Waals surface area contributed by atoms with Crippen molar-refractivity contribution in [3.05, 3.63) is 12.7 Å². The lowest BCUT2D eigenvalue weighted by atomic mass is 10.0. The molecule has 0 aromatic heterocycles. The molecule has 0 aliphatic carbocycles. The van der Waals surface area contributed by atoms with Crippen LogP contribution >= 0.6 is 0 Å². The van der Waals surface area contributed by atoms with Crippen LogP contribution in [-0.4, -0.2) is 28.1 Å². The molecule has 0 aromatic carbocycles. The van der Waals surface area contributed by atoms with Crippen molar-refractivity contribution < 1.29 is 18.3 Å². The Balaban J connectivity index is 3.03. The maximum absolute atomic E-state index is 12.0. The van der Waals surface area contributed by atoms with Gasteiger partial charge < -0.3 is 4.74 Å². The normalized spacial score (nSPS) is 11.5. The van der Waals surface area contributed by atoms with E-state index < -0.39 is 15.6 Å². The van der Waals surface area contributed by atoms with Gasteiger partial charge in [-0.3, -0.25) is 0 Å². The molecule has 0 heterocycles. The second-order valence-electron chi connectivity index (χ2n) is 7.21. The van der Waals surface area contributed by atoms with E-state index in [0.29, 0.717) is 6.61 Å². The van der Waals surface area contributed by atoms with Crippen molar-refractivity contribution >= 4 is 15.5 Å². The van der Waals surface area contributed by atoms with Crippen LogP contribution in [0.2, 0.25) is 6.04 Å². The number of carbonyl (C=O) groups excluding carboxylic acids is 1. The summed E-state index contributed by atoms with van der Waals surface area (Å²) >= 11 is 0. The molecule has 0 atom stereocenters. The minimum absolute atomic E-state index is 0.323. The average molecular weight is 391 g/mol. The van der Waals surface area contributed by atoms with Crippen molar-refractivity contribution in [2.45, 2.75) is 108 Å². The van der Waals surface area contributed by atoms with Crippen LogP contribution in [0.4, 0.5) is 8.78 Å². The van der Waals surface area contributed by atoms with Gasteiger partial charge in [0, 0.05) is 6.08 Å². The molecule has 0 radical (unpaired) electrons. The third-order valence-corrected chi connectivity index (χ3v) is 6.07. The number of carbonyl (C=O) groups is 1. The molecule has 0 aromatic rings. The fourth-order valence-electron chi connectivity index (χ4n) is 3.11. The molecule has 2 nitrogen and oxygen atoms in total. The Morgan fingerprint density at radius 3 is 1.54 bits per heavy atom. The first-order valence-electron chi connectivity index (χ1n) is 10.7. The van der Waals surface area contributed by atoms with E-state index >= 15 is 0 Å². The topological polar surface area (TPSA) is 26.3 Å². The molecule has 0 rings (SSSR count). The molecule has 0 aliphatic heterocycles. The lowest BCUT2D eigenvalue weighted by molar-refractivity contribution is -0.137. The number of halogens is 2. The monoisotopic (exact) mass is 390 g/mol. The van der Waals surface area contributed by atoms with Crippen molar-refractivity contribution in [2.75, 3.05) is 6.61 Å². The van der Waals surface area contributed by atoms with Crippen LogP contribution in [0.15, 0.2) is 12.7 Å². The lowest BCUT2D eigenvalue weighted by Crippen LogP contribution is -2.02. The maximum atomic E-state index is 12.0. The van der Waals surface area contributed by atoms with E-state index in [2.05, 4.69) is 6.58 Å². The predicted molar refractivity (Wildman–Crippen MR) is 110 cm³/mol. The summed E-state index contributed by atoms with van der Waals surface area (Å²) in [4.78, 5) is 10.8. The standard InChI is InChI=1S/C21H40F2O2Si/c1-2-20(24)25-18-16-14-12-10-8-6-4-3-5-7-9-11-13-15-17-19-26-21(22)23/h2,21H,1,3-19,26H2. The molecule has 0 N–H and O–H groups in total. The summed E-state index contributed by atoms with van der Waals surface area (Å²) in [6.07, 6.45) is 19.8. The molecule has 0 saturated heterocycles. The molecule has 0 spiro atoms. The fourth-order valence-corrected chi connectivity index (χ4v) is 4.06. The molecule has 26 heavy (non-hydrogen) atoms. The van der Waals surface area contributed by atoms with Crippen LogP contribution in [-0.2, 0) is 9.53 Å². The molecule has 154 valence electrons. The zero-order chi connectivity index (χ0) is 19.3. The summed E-state index contributed by atoms with van der Waals surface area (Å²) in [6.45, 7) is 3.89. The van der Waals surface area contributed by atoms with Crippen molar-refractivity contribution in [3.63, 3.8) is 0 Å². The number of rotatable bonds is 20. The SMILES string of the molecule is C=CC(=O)OCCCCCCCCCCCCCCCCC[SiH2]C(F)F. The summed E-state index contributed by atoms with van der Waals surface area (Å²) in [5.41, 5.74) is 0. The van der Waals surface area contributed by atoms with Gasteiger partial charge in [0.25, 0.3) is 0 Å². The van der Waals surface area contributed by atoms with E-state index in [1.807, 2.05) is 0 Å². The Morgan fingerprint density at radius 2 is 1.15 bits per heavy atom. The highest BCUT2D eigenvalue weighted by Crippen LogP contribution is 2.14. The third-order valence-electron chi connectivity index (χ3n) is 4.73. The molecule has 0 unspecified atom stereocenters. The van der Waals surface area contributed by atoms with Gasteiger partial charge in [-0.2, -0.15) is 0 Å². The maximum Gasteiger partial charge on any atom is 0.330 e. The summed E-state index contributed by atoms with van der Waals surface area (Å²) in [7, 11) is -1.08. The van der Waals surface area contributed by atoms with Gasteiger partial charge in [-0.15, -0.1) is 0 Å². The van der Waals surface area contributed by atoms with Gasteiger partial charge in [0.05, 0.1) is 6.61 Å². The minimum Gasteiger partial charge on any atom is -0.463 e. The highest BCUT2D eigenvalue weighted by Gasteiger charge is 2.02. The zero-order valence-electron chi connectivity index (χ0n) is 16.7. The van der Waals surface area contributed by atoms with Gasteiger partial charge in [-0.25, -0.2) is 13.6 Å². The molecule has 0 fully saturated rings. The Bertz CT molecular complexity index is 325. The first kappa shape index (κ1) is 25.3. The van der Waals surface area contributed by atoms with Crippen LogP contribution in [0.3, 0.4) is 0 Å². The second kappa shape index (κ2) is 20.6. The van der Waals surface area contributed by atoms with E-state index in [1.165, 1.54) is 76.7 Å². The highest BCUT2D eigenvalue weighted by atomic mass is 28.2. The number of ether oxygens (including phenoxy) is 1. The van der Waals surface area contributed by atoms with Gasteiger partial charge in [0.2, 0.25) is 6.05 Å². The van der Waals surface area contributed by atoms with Crippen LogP contribution < -0.4 is 0 Å². The van der Waals surface area contributed by atoms with Crippen LogP contribution in [0.25, 0.3) is 0 Å². The largest absolute Gasteiger partial charge is 0.463 e. The quantitative estimate of drug-likeness (QED) is 0.104. The predicted octanol–water partition coefficient (Wildman–Crippen LogP) is 6.38. The molecular formula is C21H40F2O2Si. The van der Waals surface area contributed by atoms with E-state index in [4.69, 9.17) is 4.74 Å². The number of alkyl halides is 2. The molecule has 5 heteroatoms. The van der Waals surface area contributed by atoms with E-state index in [9.17, 15) is 13.6 Å². The zero-order valence-corrected chi connectivity index (χ0v) is 18.1. The van der Waals surface area contributed by atoms with Gasteiger partial charge in [0.1, 0.15) is 9.52 Å². The second-order valence-corrected chi connectivity index (χ2v) is 9.11. The van der Waals surface area contributed by atoms with Gasteiger partial charge in [0.15, 0.2) is 0 Å². The van der Waals surface area contributed by atoms with Crippen LogP contribution in [0.5, 0.6) is 0 Å². The summed E-state index contributed by atoms with van der Waals surface area (Å²) in [5.74, 6) is -0.323. The third kappa shape index (κ3) is 21.3. The Morgan fingerprint density at radius 1 is 0.769 bits per heavy atom. The highest BCUT2D eigenvalue weighted by molar-refractivity contribution is 6.36. The molecule has 0 bridgehead atoms. The Kier molecular flexibility index (Phi) is 20.0. The van der Waals surface area contributed by atoms with Crippen molar-refractivity contribution in [1.82, 2.24) is 0 Å². The average Bonchev–Trinajstić information content (AvgIpc) is 2.63. The van der Waals surface area contributed by atoms with Crippen LogP contribution in [0.1, 0.15) is 96.3 Å². The van der Waals surface area contributed by atoms with Gasteiger partial charge in [-0.1, -0.05) is 103 Å². The lowest BCUT2D eigenvalue weighted by Gasteiger charge is -2.04. The number of hydrogen-bond donors (Lipinski definition) is 0. The van der Waals surface area contributed by atoms with Gasteiger partial charge in [-0.05, 0) is 6.42 Å². The van der Waals surface area contributed by atoms with E-state index in [0.717, 1.165) is 31.7 Å². The van der Waals surface area contributed by atoms with E-state index in [-0.39, 0.29) is 5.97 Å². The molecule has 0 aliphatic rings.